The Morgan fingerprint density at radius 1 is 1.19 bits per heavy atom. The van der Waals surface area contributed by atoms with Gasteiger partial charge in [0.15, 0.2) is 5.17 Å². The summed E-state index contributed by atoms with van der Waals surface area (Å²) in [6.45, 7) is 0.496. The highest BCUT2D eigenvalue weighted by Gasteiger charge is 2.32. The van der Waals surface area contributed by atoms with Gasteiger partial charge in [-0.2, -0.15) is 5.10 Å². The molecule has 27 heavy (non-hydrogen) atoms. The van der Waals surface area contributed by atoms with Gasteiger partial charge in [0.1, 0.15) is 17.6 Å². The third-order valence-corrected chi connectivity index (χ3v) is 4.69. The lowest BCUT2D eigenvalue weighted by atomic mass is 10.2. The number of thioether (sulfide) groups is 1. The third kappa shape index (κ3) is 5.68. The number of rotatable bonds is 7. The Bertz CT molecular complexity index is 866. The molecule has 3 rings (SSSR count). The lowest BCUT2D eigenvalue weighted by Crippen LogP contribution is -2.26. The zero-order valence-electron chi connectivity index (χ0n) is 14.2. The summed E-state index contributed by atoms with van der Waals surface area (Å²) >= 11 is 1.06. The highest BCUT2D eigenvalue weighted by Crippen LogP contribution is 2.22. The summed E-state index contributed by atoms with van der Waals surface area (Å²) in [4.78, 5) is 22.3. The van der Waals surface area contributed by atoms with Gasteiger partial charge in [-0.25, -0.2) is 0 Å². The van der Waals surface area contributed by atoms with Gasteiger partial charge in [-0.15, -0.1) is 5.10 Å². The molecule has 2 aromatic rings. The second-order valence-electron chi connectivity index (χ2n) is 5.69. The van der Waals surface area contributed by atoms with Crippen LogP contribution in [0.25, 0.3) is 0 Å². The summed E-state index contributed by atoms with van der Waals surface area (Å²) in [6.07, 6.45) is 1.30. The van der Waals surface area contributed by atoms with Crippen molar-refractivity contribution in [2.75, 3.05) is 0 Å². The van der Waals surface area contributed by atoms with E-state index in [1.165, 1.54) is 0 Å². The molecule has 2 N–H and O–H groups in total. The van der Waals surface area contributed by atoms with Crippen molar-refractivity contribution >= 4 is 35.0 Å². The summed E-state index contributed by atoms with van der Waals surface area (Å²) in [7, 11) is 0. The highest BCUT2D eigenvalue weighted by molar-refractivity contribution is 8.15. The Morgan fingerprint density at radius 2 is 1.93 bits per heavy atom. The summed E-state index contributed by atoms with van der Waals surface area (Å²) in [5.74, 6) is -0.643. The van der Waals surface area contributed by atoms with E-state index in [9.17, 15) is 9.59 Å². The first-order valence-corrected chi connectivity index (χ1v) is 9.05. The van der Waals surface area contributed by atoms with Crippen LogP contribution >= 0.6 is 11.8 Å². The minimum atomic E-state index is -1.03. The topological polar surface area (TPSA) is 100 Å². The molecule has 138 valence electrons. The van der Waals surface area contributed by atoms with Crippen molar-refractivity contribution in [3.63, 3.8) is 0 Å². The van der Waals surface area contributed by atoms with Crippen LogP contribution < -0.4 is 10.1 Å². The summed E-state index contributed by atoms with van der Waals surface area (Å²) < 4.78 is 5.72. The predicted octanol–water partition coefficient (Wildman–Crippen LogP) is 2.66. The van der Waals surface area contributed by atoms with Crippen LogP contribution in [-0.4, -0.2) is 33.6 Å². The van der Waals surface area contributed by atoms with Gasteiger partial charge >= 0.3 is 5.97 Å². The van der Waals surface area contributed by atoms with Gasteiger partial charge in [-0.05, 0) is 35.4 Å². The van der Waals surface area contributed by atoms with Crippen molar-refractivity contribution in [2.24, 2.45) is 10.2 Å². The number of carboxylic acid groups (broad SMARTS) is 1. The molecule has 1 fully saturated rings. The predicted molar refractivity (Wildman–Crippen MR) is 104 cm³/mol. The maximum Gasteiger partial charge on any atom is 0.305 e. The zero-order chi connectivity index (χ0) is 19.1. The number of aliphatic carboxylic acids is 1. The Balaban J connectivity index is 1.52. The smallest absolute Gasteiger partial charge is 0.305 e. The minimum Gasteiger partial charge on any atom is -0.489 e. The SMILES string of the molecule is O=C(O)CC1S/C(=N/N=C/c2ccc(OCc3ccccc3)cc2)NC1=O. The molecule has 0 bridgehead atoms. The molecule has 1 aliphatic heterocycles. The number of carbonyl (C=O) groups excluding carboxylic acids is 1. The number of amidine groups is 1. The Kier molecular flexibility index (Phi) is 6.22. The fourth-order valence-corrected chi connectivity index (χ4v) is 3.20. The van der Waals surface area contributed by atoms with Crippen molar-refractivity contribution in [3.05, 3.63) is 65.7 Å². The number of amides is 1. The van der Waals surface area contributed by atoms with E-state index in [4.69, 9.17) is 9.84 Å². The van der Waals surface area contributed by atoms with Gasteiger partial charge in [0, 0.05) is 0 Å². The van der Waals surface area contributed by atoms with Crippen LogP contribution in [0.4, 0.5) is 0 Å². The minimum absolute atomic E-state index is 0.246. The molecule has 1 amide bonds. The number of benzene rings is 2. The lowest BCUT2D eigenvalue weighted by molar-refractivity contribution is -0.138. The molecule has 0 radical (unpaired) electrons. The molecule has 0 aliphatic carbocycles. The van der Waals surface area contributed by atoms with E-state index in [0.29, 0.717) is 11.8 Å². The summed E-state index contributed by atoms with van der Waals surface area (Å²) in [5.41, 5.74) is 1.92. The van der Waals surface area contributed by atoms with E-state index in [1.54, 1.807) is 6.21 Å². The van der Waals surface area contributed by atoms with Crippen LogP contribution in [-0.2, 0) is 16.2 Å². The number of hydrogen-bond donors (Lipinski definition) is 2. The van der Waals surface area contributed by atoms with Crippen molar-refractivity contribution < 1.29 is 19.4 Å². The van der Waals surface area contributed by atoms with Gasteiger partial charge in [-0.1, -0.05) is 42.1 Å². The molecule has 2 aromatic carbocycles. The second-order valence-corrected chi connectivity index (χ2v) is 6.88. The van der Waals surface area contributed by atoms with Gasteiger partial charge in [0.2, 0.25) is 5.91 Å². The van der Waals surface area contributed by atoms with Crippen LogP contribution in [0.5, 0.6) is 5.75 Å². The lowest BCUT2D eigenvalue weighted by Gasteiger charge is -2.06. The average Bonchev–Trinajstić information content (AvgIpc) is 3.00. The van der Waals surface area contributed by atoms with Crippen molar-refractivity contribution in [2.45, 2.75) is 18.3 Å². The molecule has 1 atom stereocenters. The van der Waals surface area contributed by atoms with Crippen LogP contribution in [0.2, 0.25) is 0 Å². The fourth-order valence-electron chi connectivity index (χ4n) is 2.28. The number of nitrogens with one attached hydrogen (secondary N) is 1. The first kappa shape index (κ1) is 18.7. The maximum absolute atomic E-state index is 11.6. The molecule has 1 unspecified atom stereocenters. The molecule has 1 aliphatic rings. The van der Waals surface area contributed by atoms with Gasteiger partial charge < -0.3 is 15.2 Å². The second kappa shape index (κ2) is 9.00. The van der Waals surface area contributed by atoms with Crippen molar-refractivity contribution in [1.29, 1.82) is 0 Å². The van der Waals surface area contributed by atoms with Crippen LogP contribution in [0.1, 0.15) is 17.5 Å². The molecular formula is C19H17N3O4S. The van der Waals surface area contributed by atoms with Gasteiger partial charge in [-0.3, -0.25) is 9.59 Å². The van der Waals surface area contributed by atoms with Crippen LogP contribution in [0.3, 0.4) is 0 Å². The fraction of sp³-hybridized carbons (Fsp3) is 0.158. The normalized spacial score (nSPS) is 18.0. The molecule has 0 spiro atoms. The van der Waals surface area contributed by atoms with Crippen molar-refractivity contribution in [3.8, 4) is 5.75 Å². The molecular weight excluding hydrogens is 366 g/mol. The van der Waals surface area contributed by atoms with Crippen molar-refractivity contribution in [1.82, 2.24) is 5.32 Å². The summed E-state index contributed by atoms with van der Waals surface area (Å²) in [6, 6.07) is 17.3. The number of ether oxygens (including phenoxy) is 1. The number of carboxylic acids is 1. The first-order chi connectivity index (χ1) is 13.1. The Hall–Kier alpha value is -3.13. The Labute approximate surface area is 160 Å². The largest absolute Gasteiger partial charge is 0.489 e. The van der Waals surface area contributed by atoms with E-state index in [0.717, 1.165) is 28.6 Å². The van der Waals surface area contributed by atoms with E-state index in [-0.39, 0.29) is 12.3 Å². The van der Waals surface area contributed by atoms with E-state index >= 15 is 0 Å². The monoisotopic (exact) mass is 383 g/mol. The number of nitrogens with zero attached hydrogens (tertiary/aromatic N) is 2. The molecule has 0 saturated carbocycles. The van der Waals surface area contributed by atoms with E-state index in [2.05, 4.69) is 15.5 Å². The van der Waals surface area contributed by atoms with Crippen LogP contribution in [0.15, 0.2) is 64.8 Å². The maximum atomic E-state index is 11.6. The van der Waals surface area contributed by atoms with Gasteiger partial charge in [0.25, 0.3) is 0 Å². The quantitative estimate of drug-likeness (QED) is 0.566. The third-order valence-electron chi connectivity index (χ3n) is 3.62. The molecule has 7 nitrogen and oxygen atoms in total. The zero-order valence-corrected chi connectivity index (χ0v) is 15.1. The first-order valence-electron chi connectivity index (χ1n) is 8.17. The van der Waals surface area contributed by atoms with Gasteiger partial charge in [0.05, 0.1) is 12.6 Å². The number of hydrogen-bond acceptors (Lipinski definition) is 6. The standard InChI is InChI=1S/C19H17N3O4S/c23-17(24)10-16-18(25)21-19(27-16)22-20-11-13-6-8-15(9-7-13)26-12-14-4-2-1-3-5-14/h1-9,11,16H,10,12H2,(H,23,24)(H,21,22,25)/b20-11+. The molecule has 8 heteroatoms. The molecule has 1 saturated heterocycles. The number of carbonyl (C=O) groups is 2. The van der Waals surface area contributed by atoms with Crippen LogP contribution in [0, 0.1) is 0 Å². The summed E-state index contributed by atoms with van der Waals surface area (Å²) in [5, 5.41) is 18.7. The Morgan fingerprint density at radius 3 is 2.63 bits per heavy atom. The average molecular weight is 383 g/mol. The molecule has 0 aromatic heterocycles. The highest BCUT2D eigenvalue weighted by atomic mass is 32.2. The van der Waals surface area contributed by atoms with E-state index in [1.807, 2.05) is 54.6 Å². The van der Waals surface area contributed by atoms with E-state index < -0.39 is 11.2 Å². The molecule has 1 heterocycles.